The summed E-state index contributed by atoms with van der Waals surface area (Å²) in [6.45, 7) is 4.74. The minimum atomic E-state index is -0.790. The van der Waals surface area contributed by atoms with Gasteiger partial charge in [-0.15, -0.1) is 0 Å². The molecule has 1 fully saturated rings. The minimum absolute atomic E-state index is 0.131. The summed E-state index contributed by atoms with van der Waals surface area (Å²) in [6.07, 6.45) is 5.29. The van der Waals surface area contributed by atoms with Gasteiger partial charge in [0.1, 0.15) is 0 Å². The lowest BCUT2D eigenvalue weighted by molar-refractivity contribution is -0.121. The number of amides is 1. The average molecular weight is 260 g/mol. The summed E-state index contributed by atoms with van der Waals surface area (Å²) in [6, 6.07) is 0. The highest BCUT2D eigenvalue weighted by Crippen LogP contribution is 2.13. The molecule has 1 rings (SSSR count). The molecular formula is C12H24N2O2S. The summed E-state index contributed by atoms with van der Waals surface area (Å²) in [7, 11) is -0.790. The zero-order valence-corrected chi connectivity index (χ0v) is 11.6. The zero-order valence-electron chi connectivity index (χ0n) is 10.8. The lowest BCUT2D eigenvalue weighted by Gasteiger charge is -2.10. The second-order valence-corrected chi connectivity index (χ2v) is 6.65. The molecular weight excluding hydrogens is 236 g/mol. The lowest BCUT2D eigenvalue weighted by atomic mass is 10.0. The molecule has 1 amide bonds. The van der Waals surface area contributed by atoms with Gasteiger partial charge in [-0.05, 0) is 38.3 Å². The molecule has 0 bridgehead atoms. The van der Waals surface area contributed by atoms with Crippen molar-refractivity contribution in [2.45, 2.75) is 37.9 Å². The van der Waals surface area contributed by atoms with Gasteiger partial charge < -0.3 is 10.6 Å². The molecule has 3 atom stereocenters. The van der Waals surface area contributed by atoms with Crippen molar-refractivity contribution in [1.82, 2.24) is 10.6 Å². The lowest BCUT2D eigenvalue weighted by Crippen LogP contribution is -2.27. The Kier molecular flexibility index (Phi) is 6.73. The first kappa shape index (κ1) is 14.6. The van der Waals surface area contributed by atoms with Crippen LogP contribution in [0.5, 0.6) is 0 Å². The number of hydrogen-bond acceptors (Lipinski definition) is 3. The van der Waals surface area contributed by atoms with E-state index >= 15 is 0 Å². The van der Waals surface area contributed by atoms with E-state index in [0.717, 1.165) is 25.9 Å². The molecule has 100 valence electrons. The summed E-state index contributed by atoms with van der Waals surface area (Å²) in [5.74, 6) is 0.800. The quantitative estimate of drug-likeness (QED) is 0.706. The largest absolute Gasteiger partial charge is 0.356 e. The van der Waals surface area contributed by atoms with Gasteiger partial charge in [-0.1, -0.05) is 6.92 Å². The van der Waals surface area contributed by atoms with Crippen molar-refractivity contribution in [3.63, 3.8) is 0 Å². The Labute approximate surface area is 106 Å². The molecule has 2 N–H and O–H groups in total. The van der Waals surface area contributed by atoms with E-state index in [-0.39, 0.29) is 11.2 Å². The van der Waals surface area contributed by atoms with Crippen molar-refractivity contribution in [3.05, 3.63) is 0 Å². The molecule has 1 aliphatic heterocycles. The highest BCUT2D eigenvalue weighted by atomic mass is 32.2. The predicted octanol–water partition coefficient (Wildman–Crippen LogP) is 0.649. The summed E-state index contributed by atoms with van der Waals surface area (Å²) in [4.78, 5) is 11.5. The Hall–Kier alpha value is -0.420. The molecule has 0 radical (unpaired) electrons. The van der Waals surface area contributed by atoms with E-state index in [9.17, 15) is 9.00 Å². The SMILES string of the molecule is CC(CCNC(=O)CCC1CCNC1)S(C)=O. The Morgan fingerprint density at radius 1 is 1.59 bits per heavy atom. The first-order chi connectivity index (χ1) is 8.09. The van der Waals surface area contributed by atoms with Gasteiger partial charge in [0.25, 0.3) is 0 Å². The maximum Gasteiger partial charge on any atom is 0.220 e. The number of carbonyl (C=O) groups excluding carboxylic acids is 1. The van der Waals surface area contributed by atoms with Crippen LogP contribution in [0.4, 0.5) is 0 Å². The molecule has 0 spiro atoms. The Bertz CT molecular complexity index is 265. The van der Waals surface area contributed by atoms with Crippen LogP contribution in [0.3, 0.4) is 0 Å². The van der Waals surface area contributed by atoms with Crippen LogP contribution in [0, 0.1) is 5.92 Å². The molecule has 0 aromatic carbocycles. The van der Waals surface area contributed by atoms with Crippen LogP contribution in [-0.4, -0.2) is 41.3 Å². The van der Waals surface area contributed by atoms with E-state index in [2.05, 4.69) is 10.6 Å². The fraction of sp³-hybridized carbons (Fsp3) is 0.917. The number of carbonyl (C=O) groups is 1. The van der Waals surface area contributed by atoms with Gasteiger partial charge in [0, 0.05) is 35.3 Å². The molecule has 0 aliphatic carbocycles. The van der Waals surface area contributed by atoms with Crippen LogP contribution in [0.25, 0.3) is 0 Å². The maximum absolute atomic E-state index is 11.5. The number of rotatable bonds is 7. The van der Waals surface area contributed by atoms with Crippen LogP contribution in [0.1, 0.15) is 32.6 Å². The smallest absolute Gasteiger partial charge is 0.220 e. The Balaban J connectivity index is 2.02. The van der Waals surface area contributed by atoms with Gasteiger partial charge >= 0.3 is 0 Å². The van der Waals surface area contributed by atoms with Crippen LogP contribution < -0.4 is 10.6 Å². The third-order valence-electron chi connectivity index (χ3n) is 3.38. The van der Waals surface area contributed by atoms with Crippen molar-refractivity contribution in [3.8, 4) is 0 Å². The van der Waals surface area contributed by atoms with E-state index in [0.29, 0.717) is 18.9 Å². The summed E-state index contributed by atoms with van der Waals surface area (Å²) < 4.78 is 11.1. The molecule has 17 heavy (non-hydrogen) atoms. The van der Waals surface area contributed by atoms with E-state index in [1.807, 2.05) is 6.92 Å². The van der Waals surface area contributed by atoms with Crippen LogP contribution >= 0.6 is 0 Å². The topological polar surface area (TPSA) is 58.2 Å². The first-order valence-electron chi connectivity index (χ1n) is 6.39. The van der Waals surface area contributed by atoms with Gasteiger partial charge in [-0.25, -0.2) is 0 Å². The van der Waals surface area contributed by atoms with Gasteiger partial charge in [-0.3, -0.25) is 9.00 Å². The Morgan fingerprint density at radius 3 is 2.94 bits per heavy atom. The highest BCUT2D eigenvalue weighted by molar-refractivity contribution is 7.84. The summed E-state index contributed by atoms with van der Waals surface area (Å²) in [5.41, 5.74) is 0. The highest BCUT2D eigenvalue weighted by Gasteiger charge is 2.15. The molecule has 1 saturated heterocycles. The molecule has 3 unspecified atom stereocenters. The van der Waals surface area contributed by atoms with Gasteiger partial charge in [-0.2, -0.15) is 0 Å². The molecule has 0 saturated carbocycles. The van der Waals surface area contributed by atoms with E-state index in [1.165, 1.54) is 6.42 Å². The van der Waals surface area contributed by atoms with Gasteiger partial charge in [0.2, 0.25) is 5.91 Å². The van der Waals surface area contributed by atoms with E-state index < -0.39 is 10.8 Å². The normalized spacial score (nSPS) is 23.3. The van der Waals surface area contributed by atoms with Crippen molar-refractivity contribution in [2.24, 2.45) is 5.92 Å². The van der Waals surface area contributed by atoms with Crippen LogP contribution in [0.15, 0.2) is 0 Å². The third kappa shape index (κ3) is 6.17. The van der Waals surface area contributed by atoms with Crippen molar-refractivity contribution < 1.29 is 9.00 Å². The molecule has 1 aliphatic rings. The van der Waals surface area contributed by atoms with E-state index in [1.54, 1.807) is 6.26 Å². The predicted molar refractivity (Wildman–Crippen MR) is 71.4 cm³/mol. The average Bonchev–Trinajstić information content (AvgIpc) is 2.78. The van der Waals surface area contributed by atoms with E-state index in [4.69, 9.17) is 0 Å². The fourth-order valence-corrected chi connectivity index (χ4v) is 2.42. The molecule has 1 heterocycles. The molecule has 0 aromatic rings. The van der Waals surface area contributed by atoms with Crippen molar-refractivity contribution in [1.29, 1.82) is 0 Å². The monoisotopic (exact) mass is 260 g/mol. The van der Waals surface area contributed by atoms with Crippen molar-refractivity contribution >= 4 is 16.7 Å². The molecule has 5 heteroatoms. The second kappa shape index (κ2) is 7.82. The first-order valence-corrected chi connectivity index (χ1v) is 8.01. The summed E-state index contributed by atoms with van der Waals surface area (Å²) >= 11 is 0. The van der Waals surface area contributed by atoms with Crippen LogP contribution in [-0.2, 0) is 15.6 Å². The van der Waals surface area contributed by atoms with Crippen LogP contribution in [0.2, 0.25) is 0 Å². The van der Waals surface area contributed by atoms with Gasteiger partial charge in [0.05, 0.1) is 0 Å². The number of hydrogen-bond donors (Lipinski definition) is 2. The number of nitrogens with one attached hydrogen (secondary N) is 2. The summed E-state index contributed by atoms with van der Waals surface area (Å²) in [5, 5.41) is 6.36. The fourth-order valence-electron chi connectivity index (χ4n) is 1.97. The standard InChI is InChI=1S/C12H24N2O2S/c1-10(17(2)16)5-8-14-12(15)4-3-11-6-7-13-9-11/h10-11,13H,3-9H2,1-2H3,(H,14,15). The third-order valence-corrected chi connectivity index (χ3v) is 4.75. The maximum atomic E-state index is 11.5. The molecule has 4 nitrogen and oxygen atoms in total. The molecule has 0 aromatic heterocycles. The Morgan fingerprint density at radius 2 is 2.35 bits per heavy atom. The zero-order chi connectivity index (χ0) is 12.7. The minimum Gasteiger partial charge on any atom is -0.356 e. The van der Waals surface area contributed by atoms with Gasteiger partial charge in [0.15, 0.2) is 0 Å². The second-order valence-electron chi connectivity index (χ2n) is 4.85. The van der Waals surface area contributed by atoms with Crippen molar-refractivity contribution in [2.75, 3.05) is 25.9 Å².